The highest BCUT2D eigenvalue weighted by Crippen LogP contribution is 2.08. The highest BCUT2D eigenvalue weighted by Gasteiger charge is 2.11. The molecule has 0 spiro atoms. The molecule has 1 rings (SSSR count). The minimum absolute atomic E-state index is 0.0208. The van der Waals surface area contributed by atoms with Gasteiger partial charge >= 0.3 is 0 Å². The van der Waals surface area contributed by atoms with Crippen LogP contribution >= 0.6 is 11.3 Å². The molecule has 0 fully saturated rings. The molecule has 0 saturated carbocycles. The molecule has 3 nitrogen and oxygen atoms in total. The first-order valence-corrected chi connectivity index (χ1v) is 5.38. The summed E-state index contributed by atoms with van der Waals surface area (Å²) in [4.78, 5) is 13.2. The lowest BCUT2D eigenvalue weighted by Crippen LogP contribution is -2.32. The molecular formula is C10H12N2OS. The van der Waals surface area contributed by atoms with Gasteiger partial charge in [-0.2, -0.15) is 16.6 Å². The largest absolute Gasteiger partial charge is 0.329 e. The zero-order valence-electron chi connectivity index (χ0n) is 8.06. The summed E-state index contributed by atoms with van der Waals surface area (Å²) in [6.45, 7) is 2.65. The third-order valence-electron chi connectivity index (χ3n) is 1.93. The van der Waals surface area contributed by atoms with Crippen molar-refractivity contribution < 1.29 is 4.79 Å². The van der Waals surface area contributed by atoms with Crippen LogP contribution in [0.1, 0.15) is 12.5 Å². The van der Waals surface area contributed by atoms with E-state index < -0.39 is 0 Å². The molecule has 74 valence electrons. The second-order valence-electron chi connectivity index (χ2n) is 2.87. The smallest absolute Gasteiger partial charge is 0.227 e. The number of nitriles is 1. The summed E-state index contributed by atoms with van der Waals surface area (Å²) >= 11 is 1.58. The third-order valence-corrected chi connectivity index (χ3v) is 2.66. The van der Waals surface area contributed by atoms with Gasteiger partial charge in [0.1, 0.15) is 6.54 Å². The first-order valence-electron chi connectivity index (χ1n) is 4.43. The number of thiophene rings is 1. The molecule has 4 heteroatoms. The van der Waals surface area contributed by atoms with Crippen LogP contribution in [-0.4, -0.2) is 23.9 Å². The van der Waals surface area contributed by atoms with Crippen LogP contribution < -0.4 is 0 Å². The van der Waals surface area contributed by atoms with Crippen molar-refractivity contribution in [2.24, 2.45) is 0 Å². The maximum absolute atomic E-state index is 11.6. The van der Waals surface area contributed by atoms with E-state index >= 15 is 0 Å². The van der Waals surface area contributed by atoms with Crippen LogP contribution in [-0.2, 0) is 11.2 Å². The number of carbonyl (C=O) groups is 1. The summed E-state index contributed by atoms with van der Waals surface area (Å²) in [7, 11) is 0. The lowest BCUT2D eigenvalue weighted by Gasteiger charge is -2.16. The van der Waals surface area contributed by atoms with Crippen LogP contribution in [0.3, 0.4) is 0 Å². The standard InChI is InChI=1S/C10H12N2OS/c1-2-12(5-4-11)10(13)7-9-3-6-14-8-9/h3,6,8H,2,5,7H2,1H3. The molecular weight excluding hydrogens is 196 g/mol. The van der Waals surface area contributed by atoms with Crippen LogP contribution in [0.25, 0.3) is 0 Å². The van der Waals surface area contributed by atoms with Gasteiger partial charge in [-0.1, -0.05) is 0 Å². The van der Waals surface area contributed by atoms with Crippen molar-refractivity contribution in [2.75, 3.05) is 13.1 Å². The molecule has 0 aromatic carbocycles. The number of amides is 1. The Morgan fingerprint density at radius 3 is 3.00 bits per heavy atom. The van der Waals surface area contributed by atoms with Gasteiger partial charge < -0.3 is 4.90 Å². The number of carbonyl (C=O) groups excluding carboxylic acids is 1. The van der Waals surface area contributed by atoms with Crippen LogP contribution in [0.2, 0.25) is 0 Å². The van der Waals surface area contributed by atoms with Crippen molar-refractivity contribution >= 4 is 17.2 Å². The van der Waals surface area contributed by atoms with Gasteiger partial charge in [-0.15, -0.1) is 0 Å². The Balaban J connectivity index is 2.52. The normalized spacial score (nSPS) is 9.43. The number of rotatable bonds is 4. The summed E-state index contributed by atoms with van der Waals surface area (Å²) in [6.07, 6.45) is 0.402. The fourth-order valence-corrected chi connectivity index (χ4v) is 1.81. The molecule has 1 heterocycles. The first kappa shape index (κ1) is 10.7. The van der Waals surface area contributed by atoms with Gasteiger partial charge in [0.15, 0.2) is 0 Å². The van der Waals surface area contributed by atoms with E-state index in [-0.39, 0.29) is 12.5 Å². The number of nitrogens with zero attached hydrogens (tertiary/aromatic N) is 2. The fraction of sp³-hybridized carbons (Fsp3) is 0.400. The molecule has 0 aliphatic heterocycles. The molecule has 0 bridgehead atoms. The van der Waals surface area contributed by atoms with E-state index in [1.807, 2.05) is 29.8 Å². The van der Waals surface area contributed by atoms with Crippen molar-refractivity contribution in [1.82, 2.24) is 4.90 Å². The van der Waals surface area contributed by atoms with Gasteiger partial charge in [0.2, 0.25) is 5.91 Å². The van der Waals surface area contributed by atoms with Crippen molar-refractivity contribution in [3.8, 4) is 6.07 Å². The number of hydrogen-bond acceptors (Lipinski definition) is 3. The zero-order valence-corrected chi connectivity index (χ0v) is 8.88. The van der Waals surface area contributed by atoms with Gasteiger partial charge in [-0.3, -0.25) is 4.79 Å². The van der Waals surface area contributed by atoms with E-state index in [9.17, 15) is 4.79 Å². The summed E-state index contributed by atoms with van der Waals surface area (Å²) in [5, 5.41) is 12.4. The van der Waals surface area contributed by atoms with Gasteiger partial charge in [-0.05, 0) is 29.3 Å². The first-order chi connectivity index (χ1) is 6.77. The van der Waals surface area contributed by atoms with Gasteiger partial charge in [-0.25, -0.2) is 0 Å². The predicted molar refractivity (Wildman–Crippen MR) is 55.9 cm³/mol. The molecule has 0 N–H and O–H groups in total. The average Bonchev–Trinajstić information content (AvgIpc) is 2.66. The number of hydrogen-bond donors (Lipinski definition) is 0. The van der Waals surface area contributed by atoms with Gasteiger partial charge in [0, 0.05) is 6.54 Å². The predicted octanol–water partition coefficient (Wildman–Crippen LogP) is 1.66. The van der Waals surface area contributed by atoms with Crippen molar-refractivity contribution in [2.45, 2.75) is 13.3 Å². The highest BCUT2D eigenvalue weighted by molar-refractivity contribution is 7.07. The molecule has 0 atom stereocenters. The van der Waals surface area contributed by atoms with E-state index in [0.29, 0.717) is 13.0 Å². The van der Waals surface area contributed by atoms with Gasteiger partial charge in [0.25, 0.3) is 0 Å². The molecule has 1 aromatic rings. The van der Waals surface area contributed by atoms with Crippen molar-refractivity contribution in [3.63, 3.8) is 0 Å². The Labute approximate surface area is 87.6 Å². The van der Waals surface area contributed by atoms with Crippen LogP contribution in [0.5, 0.6) is 0 Å². The molecule has 1 aromatic heterocycles. The SMILES string of the molecule is CCN(CC#N)C(=O)Cc1ccsc1. The topological polar surface area (TPSA) is 44.1 Å². The van der Waals surface area contributed by atoms with E-state index in [0.717, 1.165) is 5.56 Å². The lowest BCUT2D eigenvalue weighted by molar-refractivity contribution is -0.129. The Morgan fingerprint density at radius 1 is 1.71 bits per heavy atom. The molecule has 1 amide bonds. The summed E-state index contributed by atoms with van der Waals surface area (Å²) < 4.78 is 0. The van der Waals surface area contributed by atoms with E-state index in [4.69, 9.17) is 5.26 Å². The third kappa shape index (κ3) is 2.86. The molecule has 0 unspecified atom stereocenters. The molecule has 0 saturated heterocycles. The van der Waals surface area contributed by atoms with E-state index in [1.54, 1.807) is 16.2 Å². The Hall–Kier alpha value is -1.34. The molecule has 0 radical (unpaired) electrons. The monoisotopic (exact) mass is 208 g/mol. The fourth-order valence-electron chi connectivity index (χ4n) is 1.14. The van der Waals surface area contributed by atoms with Gasteiger partial charge in [0.05, 0.1) is 12.5 Å². The van der Waals surface area contributed by atoms with E-state index in [2.05, 4.69) is 0 Å². The summed E-state index contributed by atoms with van der Waals surface area (Å²) in [6, 6.07) is 3.92. The maximum atomic E-state index is 11.6. The quantitative estimate of drug-likeness (QED) is 0.706. The average molecular weight is 208 g/mol. The Morgan fingerprint density at radius 2 is 2.50 bits per heavy atom. The van der Waals surface area contributed by atoms with Crippen molar-refractivity contribution in [1.29, 1.82) is 5.26 Å². The molecule has 0 aliphatic carbocycles. The zero-order chi connectivity index (χ0) is 10.4. The summed E-state index contributed by atoms with van der Waals surface area (Å²) in [5.41, 5.74) is 1.02. The molecule has 14 heavy (non-hydrogen) atoms. The lowest BCUT2D eigenvalue weighted by atomic mass is 10.2. The minimum Gasteiger partial charge on any atom is -0.329 e. The van der Waals surface area contributed by atoms with Crippen LogP contribution in [0.15, 0.2) is 16.8 Å². The second-order valence-corrected chi connectivity index (χ2v) is 3.65. The Bertz CT molecular complexity index is 326. The second kappa shape index (κ2) is 5.40. The summed E-state index contributed by atoms with van der Waals surface area (Å²) in [5.74, 6) is 0.0208. The minimum atomic E-state index is 0.0208. The molecule has 0 aliphatic rings. The van der Waals surface area contributed by atoms with Crippen LogP contribution in [0, 0.1) is 11.3 Å². The van der Waals surface area contributed by atoms with Crippen molar-refractivity contribution in [3.05, 3.63) is 22.4 Å². The van der Waals surface area contributed by atoms with E-state index in [1.165, 1.54) is 0 Å². The number of likely N-dealkylation sites (N-methyl/N-ethyl adjacent to an activating group) is 1. The highest BCUT2D eigenvalue weighted by atomic mass is 32.1. The maximum Gasteiger partial charge on any atom is 0.227 e. The Kier molecular flexibility index (Phi) is 4.14. The van der Waals surface area contributed by atoms with Crippen LogP contribution in [0.4, 0.5) is 0 Å².